The summed E-state index contributed by atoms with van der Waals surface area (Å²) in [5, 5.41) is 57.3. The molecule has 426 valence electrons. The van der Waals surface area contributed by atoms with Gasteiger partial charge in [-0.1, -0.05) is 107 Å². The van der Waals surface area contributed by atoms with Crippen LogP contribution in [0.1, 0.15) is 162 Å². The molecule has 18 nitrogen and oxygen atoms in total. The Morgan fingerprint density at radius 2 is 0.618 bits per heavy atom. The summed E-state index contributed by atoms with van der Waals surface area (Å²) in [6, 6.07) is 0. The molecule has 1 heterocycles. The molecule has 0 spiro atoms. The Bertz CT molecular complexity index is 719. The zero-order valence-electron chi connectivity index (χ0n) is 44.9. The SMILES string of the molecule is CCCC(OCCO)OCCO.CCCC1OCCO1.CCCCOCCO.CCCCOCCO.CCCCOCCOC(CCC)OCCO.CCCCOCCOCCCC.OCCO.[HH].[HH].[HH]. The van der Waals surface area contributed by atoms with Gasteiger partial charge in [0.15, 0.2) is 18.9 Å². The van der Waals surface area contributed by atoms with E-state index in [1.807, 2.05) is 6.92 Å². The van der Waals surface area contributed by atoms with Gasteiger partial charge in [0, 0.05) is 37.3 Å². The van der Waals surface area contributed by atoms with Crippen molar-refractivity contribution in [2.75, 3.05) is 152 Å². The first kappa shape index (κ1) is 78.7. The van der Waals surface area contributed by atoms with Crippen LogP contribution in [0.25, 0.3) is 0 Å². The van der Waals surface area contributed by atoms with Crippen LogP contribution in [0.5, 0.6) is 0 Å². The lowest BCUT2D eigenvalue weighted by molar-refractivity contribution is -0.158. The van der Waals surface area contributed by atoms with Gasteiger partial charge >= 0.3 is 0 Å². The quantitative estimate of drug-likeness (QED) is 0.0237. The van der Waals surface area contributed by atoms with Crippen LogP contribution in [-0.4, -0.2) is 207 Å². The Labute approximate surface area is 420 Å². The zero-order valence-corrected chi connectivity index (χ0v) is 44.9. The van der Waals surface area contributed by atoms with E-state index in [4.69, 9.17) is 87.9 Å². The number of aliphatic hydroxyl groups is 7. The van der Waals surface area contributed by atoms with Crippen molar-refractivity contribution in [2.45, 2.75) is 177 Å². The topological polar surface area (TPSA) is 243 Å². The van der Waals surface area contributed by atoms with Gasteiger partial charge < -0.3 is 87.9 Å². The Morgan fingerprint density at radius 1 is 0.338 bits per heavy atom. The lowest BCUT2D eigenvalue weighted by atomic mass is 10.3. The Morgan fingerprint density at radius 3 is 0.868 bits per heavy atom. The number of hydrogen-bond donors (Lipinski definition) is 7. The van der Waals surface area contributed by atoms with Gasteiger partial charge in [0.1, 0.15) is 0 Å². The summed E-state index contributed by atoms with van der Waals surface area (Å²) in [5.41, 5.74) is 0. The molecule has 0 aromatic heterocycles. The van der Waals surface area contributed by atoms with Gasteiger partial charge in [0.25, 0.3) is 0 Å². The molecule has 0 bridgehead atoms. The van der Waals surface area contributed by atoms with E-state index in [2.05, 4.69) is 48.5 Å². The van der Waals surface area contributed by atoms with Gasteiger partial charge in [0.2, 0.25) is 0 Å². The van der Waals surface area contributed by atoms with E-state index in [0.29, 0.717) is 33.0 Å². The molecule has 18 heteroatoms. The Hall–Kier alpha value is -0.720. The molecule has 1 rings (SSSR count). The molecule has 0 aliphatic carbocycles. The van der Waals surface area contributed by atoms with E-state index in [1.54, 1.807) is 0 Å². The molecule has 0 aromatic carbocycles. The molecular weight excluding hydrogens is 889 g/mol. The second kappa shape index (κ2) is 83.2. The van der Waals surface area contributed by atoms with Crippen LogP contribution in [0.4, 0.5) is 0 Å². The van der Waals surface area contributed by atoms with Crippen molar-refractivity contribution >= 4 is 0 Å². The van der Waals surface area contributed by atoms with E-state index in [-0.39, 0.29) is 82.6 Å². The predicted molar refractivity (Wildman–Crippen MR) is 276 cm³/mol. The van der Waals surface area contributed by atoms with Crippen LogP contribution in [-0.2, 0) is 52.1 Å². The van der Waals surface area contributed by atoms with Crippen LogP contribution in [0.2, 0.25) is 0 Å². The van der Waals surface area contributed by atoms with Crippen LogP contribution in [0, 0.1) is 0 Å². The predicted octanol–water partition coefficient (Wildman–Crippen LogP) is 7.16. The minimum atomic E-state index is -0.283. The molecule has 0 aromatic rings. The molecule has 1 aliphatic rings. The van der Waals surface area contributed by atoms with Crippen molar-refractivity contribution in [1.29, 1.82) is 0 Å². The molecule has 1 unspecified atom stereocenters. The molecule has 1 fully saturated rings. The average Bonchev–Trinajstić information content (AvgIpc) is 3.88. The van der Waals surface area contributed by atoms with Crippen molar-refractivity contribution in [1.82, 2.24) is 0 Å². The summed E-state index contributed by atoms with van der Waals surface area (Å²) in [6.45, 7) is 27.3. The van der Waals surface area contributed by atoms with E-state index >= 15 is 0 Å². The van der Waals surface area contributed by atoms with Crippen molar-refractivity contribution in [3.63, 3.8) is 0 Å². The second-order valence-electron chi connectivity index (χ2n) is 14.8. The second-order valence-corrected chi connectivity index (χ2v) is 14.8. The fraction of sp³-hybridized carbons (Fsp3) is 1.00. The third-order valence-electron chi connectivity index (χ3n) is 8.13. The molecule has 1 atom stereocenters. The van der Waals surface area contributed by atoms with Gasteiger partial charge in [-0.2, -0.15) is 0 Å². The molecule has 68 heavy (non-hydrogen) atoms. The minimum Gasteiger partial charge on any atom is -0.394 e. The van der Waals surface area contributed by atoms with E-state index in [9.17, 15) is 0 Å². The third kappa shape index (κ3) is 88.3. The fourth-order valence-corrected chi connectivity index (χ4v) is 4.49. The third-order valence-corrected chi connectivity index (χ3v) is 8.13. The van der Waals surface area contributed by atoms with Gasteiger partial charge in [-0.25, -0.2) is 0 Å². The zero-order chi connectivity index (χ0) is 52.1. The molecule has 1 saturated heterocycles. The molecule has 7 N–H and O–H groups in total. The Balaban J connectivity index is -0.0000000921. The highest BCUT2D eigenvalue weighted by atomic mass is 16.7. The fourth-order valence-electron chi connectivity index (χ4n) is 4.49. The molecule has 0 saturated carbocycles. The van der Waals surface area contributed by atoms with E-state index < -0.39 is 0 Å². The van der Waals surface area contributed by atoms with Gasteiger partial charge in [-0.3, -0.25) is 0 Å². The Kier molecular flexibility index (Phi) is 96.3. The van der Waals surface area contributed by atoms with E-state index in [1.165, 1.54) is 12.8 Å². The summed E-state index contributed by atoms with van der Waals surface area (Å²) in [6.07, 6.45) is 16.9. The lowest BCUT2D eigenvalue weighted by Gasteiger charge is -2.17. The summed E-state index contributed by atoms with van der Waals surface area (Å²) in [5.74, 6) is 0. The lowest BCUT2D eigenvalue weighted by Crippen LogP contribution is -2.21. The van der Waals surface area contributed by atoms with Crippen LogP contribution in [0.15, 0.2) is 0 Å². The summed E-state index contributed by atoms with van der Waals surface area (Å²) in [4.78, 5) is 0. The maximum absolute atomic E-state index is 8.65. The van der Waals surface area contributed by atoms with Crippen LogP contribution < -0.4 is 0 Å². The highest BCUT2D eigenvalue weighted by Gasteiger charge is 2.13. The normalized spacial score (nSPS) is 12.2. The molecular formula is C50H118O18. The largest absolute Gasteiger partial charge is 0.394 e. The highest BCUT2D eigenvalue weighted by molar-refractivity contribution is 4.49. The summed E-state index contributed by atoms with van der Waals surface area (Å²) < 4.78 is 57.5. The first-order valence-electron chi connectivity index (χ1n) is 26.1. The van der Waals surface area contributed by atoms with Crippen LogP contribution >= 0.6 is 0 Å². The summed E-state index contributed by atoms with van der Waals surface area (Å²) in [7, 11) is 0. The first-order valence-corrected chi connectivity index (χ1v) is 26.1. The average molecular weight is 1010 g/mol. The molecule has 1 aliphatic heterocycles. The monoisotopic (exact) mass is 1010 g/mol. The van der Waals surface area contributed by atoms with Gasteiger partial charge in [0.05, 0.1) is 119 Å². The van der Waals surface area contributed by atoms with Crippen molar-refractivity contribution < 1.29 is 92.1 Å². The van der Waals surface area contributed by atoms with Gasteiger partial charge in [-0.05, 0) is 51.4 Å². The van der Waals surface area contributed by atoms with Crippen molar-refractivity contribution in [3.8, 4) is 0 Å². The molecule has 0 amide bonds. The summed E-state index contributed by atoms with van der Waals surface area (Å²) >= 11 is 0. The highest BCUT2D eigenvalue weighted by Crippen LogP contribution is 2.09. The number of unbranched alkanes of at least 4 members (excludes halogenated alkanes) is 5. The number of aliphatic hydroxyl groups excluding tert-OH is 7. The number of ether oxygens (including phenoxy) is 11. The standard InChI is InChI=1S/C12H26O4.C10H22O2.C8H18O4.C6H12O2.2C6H14O2.C2H6O2.3H2/c1-3-5-8-14-10-11-16-12(6-4-2)15-9-7-13;1-3-5-7-11-9-10-12-8-6-4-2;1-2-3-8(11-6-4-9)12-7-5-10;1-2-3-6-7-4-5-8-6;2*1-2-3-5-8-6-4-7;3-1-2-4;;;/h12-13H,3-11H2,1-2H3;3-10H2,1-2H3;8-10H,2-7H2,1H3;6H,2-5H2,1H3;2*7H,2-6H2,1H3;3-4H,1-2H2;3*1H. The van der Waals surface area contributed by atoms with Crippen molar-refractivity contribution in [3.05, 3.63) is 0 Å². The maximum atomic E-state index is 8.65. The smallest absolute Gasteiger partial charge is 0.157 e. The number of rotatable bonds is 42. The maximum Gasteiger partial charge on any atom is 0.157 e. The number of hydrogen-bond acceptors (Lipinski definition) is 18. The minimum absolute atomic E-state index is 0. The van der Waals surface area contributed by atoms with Crippen LogP contribution in [0.3, 0.4) is 0 Å². The van der Waals surface area contributed by atoms with Gasteiger partial charge in [-0.15, -0.1) is 0 Å². The van der Waals surface area contributed by atoms with Crippen molar-refractivity contribution in [2.24, 2.45) is 0 Å². The molecule has 0 radical (unpaired) electrons. The first-order chi connectivity index (χ1) is 33.3. The van der Waals surface area contributed by atoms with E-state index in [0.717, 1.165) is 149 Å².